The summed E-state index contributed by atoms with van der Waals surface area (Å²) in [6.45, 7) is 2.72. The fourth-order valence-electron chi connectivity index (χ4n) is 2.71. The van der Waals surface area contributed by atoms with E-state index in [2.05, 4.69) is 34.5 Å². The molecule has 1 fully saturated rings. The van der Waals surface area contributed by atoms with E-state index >= 15 is 0 Å². The van der Waals surface area contributed by atoms with Crippen molar-refractivity contribution in [1.82, 2.24) is 5.32 Å². The molecule has 2 aromatic rings. The van der Waals surface area contributed by atoms with Gasteiger partial charge in [-0.15, -0.1) is 0 Å². The van der Waals surface area contributed by atoms with Crippen LogP contribution < -0.4 is 10.2 Å². The third-order valence-corrected chi connectivity index (χ3v) is 4.26. The summed E-state index contributed by atoms with van der Waals surface area (Å²) in [6, 6.07) is 16.4. The third-order valence-electron chi connectivity index (χ3n) is 3.65. The maximum atomic E-state index is 6.37. The van der Waals surface area contributed by atoms with Crippen LogP contribution >= 0.6 is 23.2 Å². The first kappa shape index (κ1) is 13.7. The van der Waals surface area contributed by atoms with Crippen LogP contribution in [0.15, 0.2) is 48.5 Å². The zero-order chi connectivity index (χ0) is 13.9. The second-order valence-corrected chi connectivity index (χ2v) is 5.71. The molecule has 1 N–H and O–H groups in total. The minimum Gasteiger partial charge on any atom is -0.360 e. The van der Waals surface area contributed by atoms with Gasteiger partial charge in [-0.25, -0.2) is 0 Å². The lowest BCUT2D eigenvalue weighted by Crippen LogP contribution is -2.46. The molecule has 1 heterocycles. The number of para-hydroxylation sites is 1. The molecular weight excluding hydrogens is 291 g/mol. The van der Waals surface area contributed by atoms with Crippen molar-refractivity contribution in [3.05, 3.63) is 64.1 Å². The number of rotatable bonds is 2. The molecule has 104 valence electrons. The van der Waals surface area contributed by atoms with Gasteiger partial charge in [-0.1, -0.05) is 59.6 Å². The molecule has 0 amide bonds. The van der Waals surface area contributed by atoms with Crippen molar-refractivity contribution in [2.75, 3.05) is 24.5 Å². The SMILES string of the molecule is Clc1cccc(Cl)c1N1CCNCC1c1ccccc1. The quantitative estimate of drug-likeness (QED) is 0.897. The average molecular weight is 307 g/mol. The zero-order valence-corrected chi connectivity index (χ0v) is 12.5. The highest BCUT2D eigenvalue weighted by Gasteiger charge is 2.26. The van der Waals surface area contributed by atoms with Crippen LogP contribution in [0.5, 0.6) is 0 Å². The van der Waals surface area contributed by atoms with E-state index in [1.807, 2.05) is 24.3 Å². The lowest BCUT2D eigenvalue weighted by atomic mass is 10.0. The van der Waals surface area contributed by atoms with E-state index in [-0.39, 0.29) is 6.04 Å². The van der Waals surface area contributed by atoms with Crippen LogP contribution in [-0.2, 0) is 0 Å². The van der Waals surface area contributed by atoms with E-state index in [4.69, 9.17) is 23.2 Å². The molecule has 2 nitrogen and oxygen atoms in total. The summed E-state index contributed by atoms with van der Waals surface area (Å²) in [4.78, 5) is 2.30. The predicted molar refractivity (Wildman–Crippen MR) is 85.9 cm³/mol. The van der Waals surface area contributed by atoms with Crippen LogP contribution in [-0.4, -0.2) is 19.6 Å². The third kappa shape index (κ3) is 2.64. The molecule has 1 saturated heterocycles. The molecule has 0 saturated carbocycles. The molecule has 1 aliphatic rings. The molecular formula is C16H16Cl2N2. The first-order valence-corrected chi connectivity index (χ1v) is 7.49. The molecule has 0 bridgehead atoms. The smallest absolute Gasteiger partial charge is 0.0750 e. The van der Waals surface area contributed by atoms with Gasteiger partial charge in [-0.2, -0.15) is 0 Å². The topological polar surface area (TPSA) is 15.3 Å². The van der Waals surface area contributed by atoms with Crippen molar-refractivity contribution in [3.63, 3.8) is 0 Å². The Balaban J connectivity index is 2.01. The lowest BCUT2D eigenvalue weighted by Gasteiger charge is -2.39. The summed E-state index contributed by atoms with van der Waals surface area (Å²) in [6.07, 6.45) is 0. The van der Waals surface area contributed by atoms with Crippen molar-refractivity contribution in [2.45, 2.75) is 6.04 Å². The molecule has 0 aliphatic carbocycles. The Bertz CT molecular complexity index is 566. The van der Waals surface area contributed by atoms with Crippen LogP contribution in [0.25, 0.3) is 0 Å². The first-order chi connectivity index (χ1) is 9.77. The van der Waals surface area contributed by atoms with Gasteiger partial charge < -0.3 is 10.2 Å². The average Bonchev–Trinajstić information content (AvgIpc) is 2.48. The second-order valence-electron chi connectivity index (χ2n) is 4.89. The number of halogens is 2. The summed E-state index contributed by atoms with van der Waals surface area (Å²) in [7, 11) is 0. The molecule has 1 unspecified atom stereocenters. The largest absolute Gasteiger partial charge is 0.360 e. The number of nitrogens with zero attached hydrogens (tertiary/aromatic N) is 1. The predicted octanol–water partition coefficient (Wildman–Crippen LogP) is 4.14. The Morgan fingerprint density at radius 1 is 0.950 bits per heavy atom. The summed E-state index contributed by atoms with van der Waals surface area (Å²) in [5.41, 5.74) is 2.21. The van der Waals surface area contributed by atoms with Crippen LogP contribution in [0.4, 0.5) is 5.69 Å². The van der Waals surface area contributed by atoms with Crippen molar-refractivity contribution < 1.29 is 0 Å². The Hall–Kier alpha value is -1.22. The monoisotopic (exact) mass is 306 g/mol. The Labute approximate surface area is 129 Å². The van der Waals surface area contributed by atoms with Gasteiger partial charge in [0.1, 0.15) is 0 Å². The number of anilines is 1. The molecule has 1 aliphatic heterocycles. The van der Waals surface area contributed by atoms with Crippen molar-refractivity contribution in [1.29, 1.82) is 0 Å². The maximum absolute atomic E-state index is 6.37. The molecule has 1 atom stereocenters. The molecule has 3 rings (SSSR count). The van der Waals surface area contributed by atoms with Crippen molar-refractivity contribution in [2.24, 2.45) is 0 Å². The highest BCUT2D eigenvalue weighted by Crippen LogP contribution is 2.38. The molecule has 2 aromatic carbocycles. The maximum Gasteiger partial charge on any atom is 0.0750 e. The van der Waals surface area contributed by atoms with E-state index < -0.39 is 0 Å². The van der Waals surface area contributed by atoms with Gasteiger partial charge >= 0.3 is 0 Å². The molecule has 0 aromatic heterocycles. The van der Waals surface area contributed by atoms with E-state index in [9.17, 15) is 0 Å². The van der Waals surface area contributed by atoms with Crippen LogP contribution in [0, 0.1) is 0 Å². The van der Waals surface area contributed by atoms with E-state index in [1.165, 1.54) is 5.56 Å². The number of nitrogens with one attached hydrogen (secondary N) is 1. The minimum absolute atomic E-state index is 0.252. The first-order valence-electron chi connectivity index (χ1n) is 6.73. The lowest BCUT2D eigenvalue weighted by molar-refractivity contribution is 0.490. The Kier molecular flexibility index (Phi) is 4.16. The fraction of sp³-hybridized carbons (Fsp3) is 0.250. The van der Waals surface area contributed by atoms with Crippen LogP contribution in [0.2, 0.25) is 10.0 Å². The van der Waals surface area contributed by atoms with E-state index in [0.717, 1.165) is 25.3 Å². The van der Waals surface area contributed by atoms with Crippen molar-refractivity contribution in [3.8, 4) is 0 Å². The summed E-state index contributed by atoms with van der Waals surface area (Å²) in [5, 5.41) is 4.86. The summed E-state index contributed by atoms with van der Waals surface area (Å²) >= 11 is 12.7. The highest BCUT2D eigenvalue weighted by atomic mass is 35.5. The number of hydrogen-bond donors (Lipinski definition) is 1. The van der Waals surface area contributed by atoms with Gasteiger partial charge in [-0.3, -0.25) is 0 Å². The summed E-state index contributed by atoms with van der Waals surface area (Å²) < 4.78 is 0. The minimum atomic E-state index is 0.252. The second kappa shape index (κ2) is 6.04. The van der Waals surface area contributed by atoms with Gasteiger partial charge in [0.05, 0.1) is 21.8 Å². The molecule has 4 heteroatoms. The number of benzene rings is 2. The Morgan fingerprint density at radius 3 is 2.35 bits per heavy atom. The van der Waals surface area contributed by atoms with Gasteiger partial charge in [0.2, 0.25) is 0 Å². The van der Waals surface area contributed by atoms with Crippen LogP contribution in [0.3, 0.4) is 0 Å². The summed E-state index contributed by atoms with van der Waals surface area (Å²) in [5.74, 6) is 0. The van der Waals surface area contributed by atoms with Gasteiger partial charge in [-0.05, 0) is 17.7 Å². The molecule has 20 heavy (non-hydrogen) atoms. The Morgan fingerprint density at radius 2 is 1.65 bits per heavy atom. The van der Waals surface area contributed by atoms with E-state index in [1.54, 1.807) is 0 Å². The highest BCUT2D eigenvalue weighted by molar-refractivity contribution is 6.39. The van der Waals surface area contributed by atoms with Crippen LogP contribution in [0.1, 0.15) is 11.6 Å². The standard InChI is InChI=1S/C16H16Cl2N2/c17-13-7-4-8-14(18)16(13)20-10-9-19-11-15(20)12-5-2-1-3-6-12/h1-8,15,19H,9-11H2. The van der Waals surface area contributed by atoms with Gasteiger partial charge in [0, 0.05) is 19.6 Å². The zero-order valence-electron chi connectivity index (χ0n) is 11.0. The molecule has 0 radical (unpaired) electrons. The fourth-order valence-corrected chi connectivity index (χ4v) is 3.32. The van der Waals surface area contributed by atoms with Crippen molar-refractivity contribution >= 4 is 28.9 Å². The molecule has 0 spiro atoms. The number of piperazine rings is 1. The van der Waals surface area contributed by atoms with Gasteiger partial charge in [0.25, 0.3) is 0 Å². The van der Waals surface area contributed by atoms with Gasteiger partial charge in [0.15, 0.2) is 0 Å². The number of hydrogen-bond acceptors (Lipinski definition) is 2. The normalized spacial score (nSPS) is 19.1. The van der Waals surface area contributed by atoms with E-state index in [0.29, 0.717) is 10.0 Å².